The van der Waals surface area contributed by atoms with Gasteiger partial charge in [0.2, 0.25) is 5.95 Å². The number of amides is 1. The first-order valence-electron chi connectivity index (χ1n) is 18.7. The van der Waals surface area contributed by atoms with Crippen LogP contribution in [0.1, 0.15) is 36.0 Å². The zero-order valence-corrected chi connectivity index (χ0v) is 31.1. The van der Waals surface area contributed by atoms with Gasteiger partial charge in [0.05, 0.1) is 48.7 Å². The molecule has 3 aromatic heterocycles. The Bertz CT molecular complexity index is 2360. The van der Waals surface area contributed by atoms with Crippen molar-refractivity contribution in [3.05, 3.63) is 108 Å². The molecule has 14 heteroatoms. The van der Waals surface area contributed by atoms with Gasteiger partial charge in [0.25, 0.3) is 5.91 Å². The van der Waals surface area contributed by atoms with Gasteiger partial charge in [-0.3, -0.25) is 14.1 Å². The van der Waals surface area contributed by atoms with Gasteiger partial charge in [0, 0.05) is 55.4 Å². The van der Waals surface area contributed by atoms with Crippen molar-refractivity contribution < 1.29 is 28.2 Å². The van der Waals surface area contributed by atoms with Crippen molar-refractivity contribution in [2.75, 3.05) is 55.9 Å². The molecule has 1 atom stereocenters. The van der Waals surface area contributed by atoms with Crippen LogP contribution in [-0.2, 0) is 0 Å². The topological polar surface area (TPSA) is 129 Å². The fourth-order valence-electron chi connectivity index (χ4n) is 7.73. The molecule has 0 unspecified atom stereocenters. The number of β-amino-alcohol motifs (C(OH)–C–C–N with tert-alkyl or cyclic N) is 1. The number of fused-ring (bicyclic) bond motifs is 1. The first kappa shape index (κ1) is 36.8. The maximum Gasteiger partial charge on any atom is 0.259 e. The average molecular weight is 761 g/mol. The SMILES string of the molecule is COc1cc(N2CCC(N3CCC[C@H](O)C3)CC2)ccc1Nc1nccc(-c2c(-c3ccc(OC)c(C(=O)Nc4c(F)cccc4F)c3)nc3ccccn23)n1. The average Bonchev–Trinajstić information content (AvgIpc) is 3.62. The van der Waals surface area contributed by atoms with E-state index in [9.17, 15) is 18.7 Å². The van der Waals surface area contributed by atoms with Crippen LogP contribution in [0.2, 0.25) is 0 Å². The number of aromatic nitrogens is 4. The van der Waals surface area contributed by atoms with Crippen LogP contribution < -0.4 is 25.0 Å². The Morgan fingerprint density at radius 2 is 1.68 bits per heavy atom. The Morgan fingerprint density at radius 3 is 2.45 bits per heavy atom. The van der Waals surface area contributed by atoms with Gasteiger partial charge in [-0.1, -0.05) is 12.1 Å². The molecule has 2 saturated heterocycles. The van der Waals surface area contributed by atoms with Gasteiger partial charge in [-0.05, 0) is 92.9 Å². The molecular weight excluding hydrogens is 719 g/mol. The predicted octanol–water partition coefficient (Wildman–Crippen LogP) is 7.18. The highest BCUT2D eigenvalue weighted by Gasteiger charge is 2.29. The number of piperidine rings is 2. The fourth-order valence-corrected chi connectivity index (χ4v) is 7.73. The number of imidazole rings is 1. The van der Waals surface area contributed by atoms with E-state index >= 15 is 0 Å². The van der Waals surface area contributed by atoms with Crippen molar-refractivity contribution in [1.29, 1.82) is 0 Å². The molecule has 1 amide bonds. The number of carbonyl (C=O) groups is 1. The summed E-state index contributed by atoms with van der Waals surface area (Å²) in [7, 11) is 3.05. The molecule has 0 saturated carbocycles. The van der Waals surface area contributed by atoms with Gasteiger partial charge in [0.1, 0.15) is 34.5 Å². The van der Waals surface area contributed by atoms with Crippen molar-refractivity contribution in [1.82, 2.24) is 24.3 Å². The third-order valence-corrected chi connectivity index (χ3v) is 10.6. The van der Waals surface area contributed by atoms with Gasteiger partial charge in [-0.25, -0.2) is 23.7 Å². The Morgan fingerprint density at radius 1 is 0.875 bits per heavy atom. The maximum atomic E-state index is 14.5. The van der Waals surface area contributed by atoms with Gasteiger partial charge in [-0.2, -0.15) is 0 Å². The molecule has 0 aliphatic carbocycles. The summed E-state index contributed by atoms with van der Waals surface area (Å²) >= 11 is 0. The van der Waals surface area contributed by atoms with E-state index in [-0.39, 0.29) is 17.4 Å². The van der Waals surface area contributed by atoms with Gasteiger partial charge >= 0.3 is 0 Å². The number of methoxy groups -OCH3 is 2. The van der Waals surface area contributed by atoms with Gasteiger partial charge < -0.3 is 30.1 Å². The number of rotatable bonds is 10. The summed E-state index contributed by atoms with van der Waals surface area (Å²) in [6.45, 7) is 3.67. The second kappa shape index (κ2) is 15.9. The molecule has 2 aliphatic rings. The van der Waals surface area contributed by atoms with E-state index in [0.717, 1.165) is 69.7 Å². The number of nitrogens with zero attached hydrogens (tertiary/aromatic N) is 6. The highest BCUT2D eigenvalue weighted by Crippen LogP contribution is 2.37. The molecule has 2 aliphatic heterocycles. The number of para-hydroxylation sites is 1. The van der Waals surface area contributed by atoms with Crippen molar-refractivity contribution in [3.63, 3.8) is 0 Å². The van der Waals surface area contributed by atoms with Crippen LogP contribution in [0.5, 0.6) is 11.5 Å². The number of pyridine rings is 1. The molecular formula is C42H42F2N8O4. The van der Waals surface area contributed by atoms with Gasteiger partial charge in [0.15, 0.2) is 0 Å². The van der Waals surface area contributed by atoms with E-state index in [2.05, 4.69) is 31.5 Å². The van der Waals surface area contributed by atoms with E-state index in [4.69, 9.17) is 19.4 Å². The van der Waals surface area contributed by atoms with Crippen molar-refractivity contribution in [2.45, 2.75) is 37.8 Å². The maximum absolute atomic E-state index is 14.5. The van der Waals surface area contributed by atoms with Crippen LogP contribution in [0.25, 0.3) is 28.3 Å². The van der Waals surface area contributed by atoms with E-state index in [1.165, 1.54) is 13.2 Å². The molecule has 3 aromatic carbocycles. The number of nitrogens with one attached hydrogen (secondary N) is 2. The minimum Gasteiger partial charge on any atom is -0.496 e. The lowest BCUT2D eigenvalue weighted by molar-refractivity contribution is 0.0398. The summed E-state index contributed by atoms with van der Waals surface area (Å²) in [5.74, 6) is -1.37. The largest absolute Gasteiger partial charge is 0.496 e. The van der Waals surface area contributed by atoms with Crippen LogP contribution in [0.15, 0.2) is 91.3 Å². The summed E-state index contributed by atoms with van der Waals surface area (Å²) < 4.78 is 42.1. The quantitative estimate of drug-likeness (QED) is 0.132. The second-order valence-electron chi connectivity index (χ2n) is 14.0. The molecule has 12 nitrogen and oxygen atoms in total. The number of hydrogen-bond acceptors (Lipinski definition) is 10. The highest BCUT2D eigenvalue weighted by atomic mass is 19.1. The number of carbonyl (C=O) groups excluding carboxylic acids is 1. The number of benzene rings is 3. The summed E-state index contributed by atoms with van der Waals surface area (Å²) in [6.07, 6.45) is 7.33. The number of anilines is 4. The zero-order valence-electron chi connectivity index (χ0n) is 31.1. The van der Waals surface area contributed by atoms with Crippen molar-refractivity contribution in [3.8, 4) is 34.1 Å². The highest BCUT2D eigenvalue weighted by molar-refractivity contribution is 6.07. The Labute approximate surface area is 322 Å². The van der Waals surface area contributed by atoms with E-state index in [1.54, 1.807) is 37.6 Å². The number of halogens is 2. The van der Waals surface area contributed by atoms with Crippen molar-refractivity contribution >= 4 is 34.6 Å². The number of likely N-dealkylation sites (tertiary alicyclic amines) is 1. The molecule has 0 spiro atoms. The molecule has 2 fully saturated rings. The summed E-state index contributed by atoms with van der Waals surface area (Å²) in [5.41, 5.74) is 4.14. The molecule has 6 aromatic rings. The van der Waals surface area contributed by atoms with Crippen LogP contribution >= 0.6 is 0 Å². The minimum atomic E-state index is -0.899. The molecule has 8 rings (SSSR count). The minimum absolute atomic E-state index is 0.0578. The first-order valence-corrected chi connectivity index (χ1v) is 18.7. The molecule has 0 bridgehead atoms. The lowest BCUT2D eigenvalue weighted by Gasteiger charge is -2.42. The van der Waals surface area contributed by atoms with E-state index in [1.807, 2.05) is 40.9 Å². The van der Waals surface area contributed by atoms with Crippen LogP contribution in [0.4, 0.5) is 31.8 Å². The number of aliphatic hydroxyl groups excluding tert-OH is 1. The van der Waals surface area contributed by atoms with Crippen LogP contribution in [0, 0.1) is 11.6 Å². The third kappa shape index (κ3) is 7.45. The fraction of sp³-hybridized carbons (Fsp3) is 0.286. The number of hydrogen-bond donors (Lipinski definition) is 3. The predicted molar refractivity (Wildman–Crippen MR) is 211 cm³/mol. The Balaban J connectivity index is 1.06. The third-order valence-electron chi connectivity index (χ3n) is 10.6. The molecule has 0 radical (unpaired) electrons. The Hall–Kier alpha value is -6.12. The summed E-state index contributed by atoms with van der Waals surface area (Å²) in [5, 5.41) is 15.9. The lowest BCUT2D eigenvalue weighted by Crippen LogP contribution is -2.49. The van der Waals surface area contributed by atoms with Crippen molar-refractivity contribution in [2.24, 2.45) is 0 Å². The van der Waals surface area contributed by atoms with E-state index in [0.29, 0.717) is 51.7 Å². The van der Waals surface area contributed by atoms with Crippen LogP contribution in [0.3, 0.4) is 0 Å². The summed E-state index contributed by atoms with van der Waals surface area (Å²) in [4.78, 5) is 32.6. The standard InChI is InChI=1S/C42H42F2N8O4/c1-55-35-14-11-26(23-30(35)41(54)49-39-31(43)8-5-9-32(39)44)38-40(52-20-4-3-10-37(52)48-38)34-15-18-45-42(47-34)46-33-13-12-28(24-36(33)56-2)50-21-16-27(17-22-50)51-19-6-7-29(53)25-51/h3-5,8-15,18,20,23-24,27,29,53H,6-7,16-17,19,21-22,25H2,1-2H3,(H,49,54)(H,45,46,47)/t29-/m0/s1. The van der Waals surface area contributed by atoms with E-state index < -0.39 is 23.2 Å². The second-order valence-corrected chi connectivity index (χ2v) is 14.0. The summed E-state index contributed by atoms with van der Waals surface area (Å²) in [6, 6.07) is 22.3. The molecule has 56 heavy (non-hydrogen) atoms. The normalized spacial score (nSPS) is 16.5. The number of aliphatic hydroxyl groups is 1. The Kier molecular flexibility index (Phi) is 10.5. The molecule has 5 heterocycles. The van der Waals surface area contributed by atoms with Crippen LogP contribution in [-0.4, -0.2) is 87.8 Å². The molecule has 288 valence electrons. The first-order chi connectivity index (χ1) is 27.3. The monoisotopic (exact) mass is 760 g/mol. The lowest BCUT2D eigenvalue weighted by atomic mass is 9.98. The van der Waals surface area contributed by atoms with Gasteiger partial charge in [-0.15, -0.1) is 0 Å². The zero-order chi connectivity index (χ0) is 38.8. The molecule has 3 N–H and O–H groups in total. The smallest absolute Gasteiger partial charge is 0.259 e. The number of ether oxygens (including phenoxy) is 2.